The molecule has 1 fully saturated rings. The van der Waals surface area contributed by atoms with Gasteiger partial charge in [-0.25, -0.2) is 0 Å². The van der Waals surface area contributed by atoms with Gasteiger partial charge in [0, 0.05) is 12.6 Å². The molecule has 2 rings (SSSR count). The molecule has 2 atom stereocenters. The maximum Gasteiger partial charge on any atom is 0.308 e. The average molecular weight is 321 g/mol. The number of amides is 1. The fraction of sp³-hybridized carbons (Fsp3) is 0.529. The van der Waals surface area contributed by atoms with E-state index in [4.69, 9.17) is 14.6 Å². The van der Waals surface area contributed by atoms with Crippen molar-refractivity contribution < 1.29 is 24.2 Å². The lowest BCUT2D eigenvalue weighted by Crippen LogP contribution is -2.49. The van der Waals surface area contributed by atoms with Crippen LogP contribution in [0.25, 0.3) is 0 Å². The second kappa shape index (κ2) is 7.85. The number of piperidine rings is 1. The maximum atomic E-state index is 12.3. The largest absolute Gasteiger partial charge is 0.494 e. The molecule has 126 valence electrons. The predicted octanol–water partition coefficient (Wildman–Crippen LogP) is 2.18. The van der Waals surface area contributed by atoms with Crippen LogP contribution in [0.2, 0.25) is 0 Å². The number of carbonyl (C=O) groups is 2. The molecule has 1 N–H and O–H groups in total. The molecule has 1 aromatic carbocycles. The van der Waals surface area contributed by atoms with Crippen molar-refractivity contribution in [2.45, 2.75) is 32.7 Å². The van der Waals surface area contributed by atoms with Gasteiger partial charge in [0.15, 0.2) is 6.61 Å². The summed E-state index contributed by atoms with van der Waals surface area (Å²) in [5, 5.41) is 9.12. The van der Waals surface area contributed by atoms with Crippen molar-refractivity contribution >= 4 is 11.9 Å². The van der Waals surface area contributed by atoms with Gasteiger partial charge in [0.1, 0.15) is 11.5 Å². The van der Waals surface area contributed by atoms with Crippen molar-refractivity contribution in [1.29, 1.82) is 0 Å². The third-order valence-electron chi connectivity index (χ3n) is 4.05. The van der Waals surface area contributed by atoms with Gasteiger partial charge in [-0.2, -0.15) is 0 Å². The lowest BCUT2D eigenvalue weighted by Gasteiger charge is -2.36. The Morgan fingerprint density at radius 1 is 1.17 bits per heavy atom. The van der Waals surface area contributed by atoms with E-state index in [1.807, 2.05) is 13.8 Å². The second-order valence-electron chi connectivity index (χ2n) is 5.70. The van der Waals surface area contributed by atoms with E-state index >= 15 is 0 Å². The molecule has 1 aliphatic heterocycles. The summed E-state index contributed by atoms with van der Waals surface area (Å²) in [5.41, 5.74) is 0. The van der Waals surface area contributed by atoms with E-state index in [0.29, 0.717) is 25.2 Å². The second-order valence-corrected chi connectivity index (χ2v) is 5.70. The van der Waals surface area contributed by atoms with Crippen molar-refractivity contribution in [3.05, 3.63) is 24.3 Å². The monoisotopic (exact) mass is 321 g/mol. The molecule has 0 radical (unpaired) electrons. The number of likely N-dealkylation sites (tertiary alicyclic amines) is 1. The van der Waals surface area contributed by atoms with Crippen LogP contribution in [0.5, 0.6) is 11.5 Å². The molecule has 0 aromatic heterocycles. The number of ether oxygens (including phenoxy) is 2. The number of carboxylic acid groups (broad SMARTS) is 1. The fourth-order valence-corrected chi connectivity index (χ4v) is 2.68. The Labute approximate surface area is 136 Å². The molecular weight excluding hydrogens is 298 g/mol. The first-order valence-corrected chi connectivity index (χ1v) is 7.89. The summed E-state index contributed by atoms with van der Waals surface area (Å²) < 4.78 is 10.8. The molecule has 1 amide bonds. The summed E-state index contributed by atoms with van der Waals surface area (Å²) >= 11 is 0. The molecule has 1 aliphatic rings. The zero-order valence-corrected chi connectivity index (χ0v) is 13.5. The van der Waals surface area contributed by atoms with Crippen LogP contribution < -0.4 is 9.47 Å². The summed E-state index contributed by atoms with van der Waals surface area (Å²) in [6.45, 7) is 4.60. The topological polar surface area (TPSA) is 76.1 Å². The molecule has 0 spiro atoms. The van der Waals surface area contributed by atoms with E-state index in [9.17, 15) is 9.59 Å². The number of carbonyl (C=O) groups excluding carboxylic acids is 1. The number of aliphatic carboxylic acids is 1. The third-order valence-corrected chi connectivity index (χ3v) is 4.05. The quantitative estimate of drug-likeness (QED) is 0.869. The Hall–Kier alpha value is -2.24. The summed E-state index contributed by atoms with van der Waals surface area (Å²) in [6.07, 6.45) is 1.31. The van der Waals surface area contributed by atoms with Crippen molar-refractivity contribution in [2.24, 2.45) is 5.92 Å². The van der Waals surface area contributed by atoms with Crippen LogP contribution in [0.1, 0.15) is 26.7 Å². The summed E-state index contributed by atoms with van der Waals surface area (Å²) in [6, 6.07) is 7.11. The van der Waals surface area contributed by atoms with Gasteiger partial charge in [-0.3, -0.25) is 9.59 Å². The van der Waals surface area contributed by atoms with E-state index in [0.717, 1.165) is 5.75 Å². The van der Waals surface area contributed by atoms with Crippen LogP contribution in [-0.2, 0) is 9.59 Å². The SMILES string of the molecule is CCOc1ccc(OCC(=O)N2CC(C(=O)O)CCC2C)cc1. The van der Waals surface area contributed by atoms with Gasteiger partial charge in [0.25, 0.3) is 5.91 Å². The summed E-state index contributed by atoms with van der Waals surface area (Å²) in [7, 11) is 0. The Morgan fingerprint density at radius 2 is 1.78 bits per heavy atom. The highest BCUT2D eigenvalue weighted by Gasteiger charge is 2.32. The minimum atomic E-state index is -0.845. The normalized spacial score (nSPS) is 20.9. The smallest absolute Gasteiger partial charge is 0.308 e. The van der Waals surface area contributed by atoms with E-state index in [1.54, 1.807) is 29.2 Å². The first kappa shape index (κ1) is 17.1. The van der Waals surface area contributed by atoms with E-state index in [-0.39, 0.29) is 25.1 Å². The van der Waals surface area contributed by atoms with E-state index < -0.39 is 11.9 Å². The van der Waals surface area contributed by atoms with Crippen molar-refractivity contribution in [2.75, 3.05) is 19.8 Å². The van der Waals surface area contributed by atoms with Gasteiger partial charge < -0.3 is 19.5 Å². The minimum absolute atomic E-state index is 0.0435. The van der Waals surface area contributed by atoms with Crippen LogP contribution in [-0.4, -0.2) is 47.7 Å². The molecular formula is C17H23NO5. The Bertz CT molecular complexity index is 542. The van der Waals surface area contributed by atoms with E-state index in [2.05, 4.69) is 0 Å². The van der Waals surface area contributed by atoms with Crippen molar-refractivity contribution in [3.63, 3.8) is 0 Å². The maximum absolute atomic E-state index is 12.3. The number of hydrogen-bond acceptors (Lipinski definition) is 4. The molecule has 1 aromatic rings. The highest BCUT2D eigenvalue weighted by molar-refractivity contribution is 5.79. The van der Waals surface area contributed by atoms with Crippen LogP contribution in [0.3, 0.4) is 0 Å². The van der Waals surface area contributed by atoms with Crippen LogP contribution in [0, 0.1) is 5.92 Å². The molecule has 23 heavy (non-hydrogen) atoms. The van der Waals surface area contributed by atoms with Gasteiger partial charge in [-0.1, -0.05) is 0 Å². The van der Waals surface area contributed by atoms with Crippen LogP contribution in [0.4, 0.5) is 0 Å². The summed E-state index contributed by atoms with van der Waals surface area (Å²) in [4.78, 5) is 25.0. The van der Waals surface area contributed by atoms with Gasteiger partial charge in [-0.05, 0) is 51.0 Å². The molecule has 0 saturated carbocycles. The average Bonchev–Trinajstić information content (AvgIpc) is 2.54. The van der Waals surface area contributed by atoms with Crippen molar-refractivity contribution in [1.82, 2.24) is 4.90 Å². The number of carboxylic acids is 1. The van der Waals surface area contributed by atoms with Gasteiger partial charge in [0.05, 0.1) is 12.5 Å². The molecule has 6 heteroatoms. The summed E-state index contributed by atoms with van der Waals surface area (Å²) in [5.74, 6) is -0.179. The van der Waals surface area contributed by atoms with Crippen LogP contribution >= 0.6 is 0 Å². The van der Waals surface area contributed by atoms with Gasteiger partial charge in [0.2, 0.25) is 0 Å². The highest BCUT2D eigenvalue weighted by Crippen LogP contribution is 2.23. The fourth-order valence-electron chi connectivity index (χ4n) is 2.68. The molecule has 2 unspecified atom stereocenters. The lowest BCUT2D eigenvalue weighted by molar-refractivity contribution is -0.147. The highest BCUT2D eigenvalue weighted by atomic mass is 16.5. The lowest BCUT2D eigenvalue weighted by atomic mass is 9.93. The number of benzene rings is 1. The van der Waals surface area contributed by atoms with Gasteiger partial charge in [-0.15, -0.1) is 0 Å². The van der Waals surface area contributed by atoms with Gasteiger partial charge >= 0.3 is 5.97 Å². The zero-order valence-electron chi connectivity index (χ0n) is 13.5. The minimum Gasteiger partial charge on any atom is -0.494 e. The zero-order chi connectivity index (χ0) is 16.8. The standard InChI is InChI=1S/C17H23NO5/c1-3-22-14-6-8-15(9-7-14)23-11-16(19)18-10-13(17(20)21)5-4-12(18)2/h6-9,12-13H,3-5,10-11H2,1-2H3,(H,20,21). The first-order valence-electron chi connectivity index (χ1n) is 7.89. The van der Waals surface area contributed by atoms with E-state index in [1.165, 1.54) is 0 Å². The molecule has 6 nitrogen and oxygen atoms in total. The molecule has 1 heterocycles. The Balaban J connectivity index is 1.89. The molecule has 1 saturated heterocycles. The predicted molar refractivity (Wildman–Crippen MR) is 84.6 cm³/mol. The number of nitrogens with zero attached hydrogens (tertiary/aromatic N) is 1. The van der Waals surface area contributed by atoms with Crippen molar-refractivity contribution in [3.8, 4) is 11.5 Å². The molecule has 0 aliphatic carbocycles. The number of hydrogen-bond donors (Lipinski definition) is 1. The van der Waals surface area contributed by atoms with Crippen LogP contribution in [0.15, 0.2) is 24.3 Å². The number of rotatable bonds is 6. The molecule has 0 bridgehead atoms. The Kier molecular flexibility index (Phi) is 5.84. The Morgan fingerprint density at radius 3 is 2.35 bits per heavy atom. The third kappa shape index (κ3) is 4.61. The first-order chi connectivity index (χ1) is 11.0.